The van der Waals surface area contributed by atoms with Gasteiger partial charge in [0.25, 0.3) is 0 Å². The number of fused-ring (bicyclic) bond motifs is 1. The molecule has 0 saturated carbocycles. The number of benzene rings is 1. The Morgan fingerprint density at radius 3 is 3.07 bits per heavy atom. The maximum atomic E-state index is 3.41. The van der Waals surface area contributed by atoms with Gasteiger partial charge in [-0.15, -0.1) is 0 Å². The van der Waals surface area contributed by atoms with E-state index in [1.807, 2.05) is 6.20 Å². The zero-order valence-electron chi connectivity index (χ0n) is 7.83. The predicted octanol–water partition coefficient (Wildman–Crippen LogP) is 3.97. The van der Waals surface area contributed by atoms with Gasteiger partial charge in [-0.25, -0.2) is 0 Å². The van der Waals surface area contributed by atoms with E-state index in [0.29, 0.717) is 0 Å². The maximum absolute atomic E-state index is 3.41. The van der Waals surface area contributed by atoms with E-state index in [1.165, 1.54) is 16.5 Å². The molecular formula is C12H12BrN. The van der Waals surface area contributed by atoms with Crippen molar-refractivity contribution in [3.8, 4) is 0 Å². The fourth-order valence-corrected chi connectivity index (χ4v) is 1.79. The Bertz CT molecular complexity index is 442. The standard InChI is InChI=1S/C12H12BrN/c13-8-2-1-4-10-5-3-6-12-11(10)7-9-14-12/h1,3-7,9,14H,2,8H2. The van der Waals surface area contributed by atoms with Gasteiger partial charge in [0.05, 0.1) is 0 Å². The van der Waals surface area contributed by atoms with Crippen molar-refractivity contribution >= 4 is 32.9 Å². The lowest BCUT2D eigenvalue weighted by molar-refractivity contribution is 1.27. The summed E-state index contributed by atoms with van der Waals surface area (Å²) in [5, 5.41) is 2.31. The largest absolute Gasteiger partial charge is 0.361 e. The van der Waals surface area contributed by atoms with Crippen LogP contribution in [0.4, 0.5) is 0 Å². The van der Waals surface area contributed by atoms with Crippen molar-refractivity contribution in [3.05, 3.63) is 42.1 Å². The molecule has 0 saturated heterocycles. The average Bonchev–Trinajstić information content (AvgIpc) is 2.67. The molecule has 2 rings (SSSR count). The maximum Gasteiger partial charge on any atom is 0.0459 e. The molecule has 0 atom stereocenters. The summed E-state index contributed by atoms with van der Waals surface area (Å²) in [4.78, 5) is 3.21. The van der Waals surface area contributed by atoms with Crippen LogP contribution in [0, 0.1) is 0 Å². The van der Waals surface area contributed by atoms with Crippen molar-refractivity contribution in [1.82, 2.24) is 4.98 Å². The van der Waals surface area contributed by atoms with Crippen LogP contribution >= 0.6 is 15.9 Å². The smallest absolute Gasteiger partial charge is 0.0459 e. The molecule has 0 unspecified atom stereocenters. The molecule has 1 aromatic carbocycles. The topological polar surface area (TPSA) is 15.8 Å². The second kappa shape index (κ2) is 4.47. The Kier molecular flexibility index (Phi) is 3.04. The lowest BCUT2D eigenvalue weighted by atomic mass is 10.1. The predicted molar refractivity (Wildman–Crippen MR) is 65.7 cm³/mol. The van der Waals surface area contributed by atoms with Crippen LogP contribution in [-0.4, -0.2) is 10.3 Å². The molecule has 0 spiro atoms. The van der Waals surface area contributed by atoms with Crippen molar-refractivity contribution in [3.63, 3.8) is 0 Å². The lowest BCUT2D eigenvalue weighted by Crippen LogP contribution is -1.74. The summed E-state index contributed by atoms with van der Waals surface area (Å²) in [7, 11) is 0. The highest BCUT2D eigenvalue weighted by Gasteiger charge is 1.96. The van der Waals surface area contributed by atoms with E-state index >= 15 is 0 Å². The van der Waals surface area contributed by atoms with E-state index in [9.17, 15) is 0 Å². The molecule has 0 fully saturated rings. The van der Waals surface area contributed by atoms with Crippen LogP contribution in [0.1, 0.15) is 12.0 Å². The van der Waals surface area contributed by atoms with Gasteiger partial charge in [0.1, 0.15) is 0 Å². The molecule has 0 aliphatic carbocycles. The third-order valence-corrected chi connectivity index (χ3v) is 2.66. The first-order chi connectivity index (χ1) is 6.92. The molecule has 0 amide bonds. The van der Waals surface area contributed by atoms with E-state index in [2.05, 4.69) is 57.3 Å². The van der Waals surface area contributed by atoms with Crippen LogP contribution in [0.5, 0.6) is 0 Å². The summed E-state index contributed by atoms with van der Waals surface area (Å²) >= 11 is 3.41. The Labute approximate surface area is 92.0 Å². The molecule has 0 aliphatic rings. The van der Waals surface area contributed by atoms with Crippen molar-refractivity contribution in [1.29, 1.82) is 0 Å². The molecule has 0 radical (unpaired) electrons. The van der Waals surface area contributed by atoms with Crippen LogP contribution in [0.3, 0.4) is 0 Å². The van der Waals surface area contributed by atoms with Crippen molar-refractivity contribution in [2.75, 3.05) is 5.33 Å². The first-order valence-corrected chi connectivity index (χ1v) is 5.82. The lowest BCUT2D eigenvalue weighted by Gasteiger charge is -1.95. The highest BCUT2D eigenvalue weighted by molar-refractivity contribution is 9.09. The molecule has 1 N–H and O–H groups in total. The number of nitrogens with one attached hydrogen (secondary N) is 1. The highest BCUT2D eigenvalue weighted by Crippen LogP contribution is 2.18. The number of rotatable bonds is 3. The Morgan fingerprint density at radius 1 is 1.29 bits per heavy atom. The van der Waals surface area contributed by atoms with E-state index in [-0.39, 0.29) is 0 Å². The summed E-state index contributed by atoms with van der Waals surface area (Å²) in [6, 6.07) is 8.42. The number of aromatic amines is 1. The molecule has 1 aromatic heterocycles. The quantitative estimate of drug-likeness (QED) is 0.793. The number of hydrogen-bond acceptors (Lipinski definition) is 0. The van der Waals surface area contributed by atoms with E-state index in [4.69, 9.17) is 0 Å². The Balaban J connectivity index is 2.36. The molecule has 72 valence electrons. The molecule has 1 nitrogen and oxygen atoms in total. The van der Waals surface area contributed by atoms with Gasteiger partial charge in [0.2, 0.25) is 0 Å². The third kappa shape index (κ3) is 1.90. The van der Waals surface area contributed by atoms with Gasteiger partial charge < -0.3 is 4.98 Å². The molecule has 0 aliphatic heterocycles. The molecule has 14 heavy (non-hydrogen) atoms. The first kappa shape index (κ1) is 9.53. The minimum Gasteiger partial charge on any atom is -0.361 e. The van der Waals surface area contributed by atoms with Crippen LogP contribution in [0.2, 0.25) is 0 Å². The van der Waals surface area contributed by atoms with Crippen LogP contribution in [0.25, 0.3) is 17.0 Å². The summed E-state index contributed by atoms with van der Waals surface area (Å²) < 4.78 is 0. The van der Waals surface area contributed by atoms with Crippen molar-refractivity contribution < 1.29 is 0 Å². The fraction of sp³-hybridized carbons (Fsp3) is 0.167. The fourth-order valence-electron chi connectivity index (χ4n) is 1.53. The monoisotopic (exact) mass is 249 g/mol. The minimum absolute atomic E-state index is 1.02. The van der Waals surface area contributed by atoms with Gasteiger partial charge in [-0.3, -0.25) is 0 Å². The average molecular weight is 250 g/mol. The summed E-state index contributed by atoms with van der Waals surface area (Å²) in [5.41, 5.74) is 2.48. The van der Waals surface area contributed by atoms with E-state index in [1.54, 1.807) is 0 Å². The van der Waals surface area contributed by atoms with Gasteiger partial charge in [0.15, 0.2) is 0 Å². The second-order valence-corrected chi connectivity index (χ2v) is 3.96. The number of halogens is 1. The number of H-pyrrole nitrogens is 1. The molecule has 1 heterocycles. The molecule has 2 aromatic rings. The van der Waals surface area contributed by atoms with Crippen LogP contribution in [-0.2, 0) is 0 Å². The van der Waals surface area contributed by atoms with Gasteiger partial charge in [-0.2, -0.15) is 0 Å². The number of hydrogen-bond donors (Lipinski definition) is 1. The summed E-state index contributed by atoms with van der Waals surface area (Å²) in [6.07, 6.45) is 7.42. The van der Waals surface area contributed by atoms with Gasteiger partial charge in [0, 0.05) is 22.4 Å². The van der Waals surface area contributed by atoms with Gasteiger partial charge in [-0.05, 0) is 24.1 Å². The number of alkyl halides is 1. The van der Waals surface area contributed by atoms with E-state index < -0.39 is 0 Å². The van der Waals surface area contributed by atoms with Crippen LogP contribution in [0.15, 0.2) is 36.5 Å². The summed E-state index contributed by atoms with van der Waals surface area (Å²) in [5.74, 6) is 0. The summed E-state index contributed by atoms with van der Waals surface area (Å²) in [6.45, 7) is 0. The number of aromatic nitrogens is 1. The minimum atomic E-state index is 1.02. The van der Waals surface area contributed by atoms with Gasteiger partial charge in [-0.1, -0.05) is 40.2 Å². The Hall–Kier alpha value is -1.02. The first-order valence-electron chi connectivity index (χ1n) is 4.70. The molecule has 0 bridgehead atoms. The highest BCUT2D eigenvalue weighted by atomic mass is 79.9. The van der Waals surface area contributed by atoms with Crippen LogP contribution < -0.4 is 0 Å². The van der Waals surface area contributed by atoms with Crippen molar-refractivity contribution in [2.45, 2.75) is 6.42 Å². The van der Waals surface area contributed by atoms with Gasteiger partial charge >= 0.3 is 0 Å². The molecular weight excluding hydrogens is 238 g/mol. The zero-order valence-corrected chi connectivity index (χ0v) is 9.42. The zero-order chi connectivity index (χ0) is 9.80. The molecule has 2 heteroatoms. The van der Waals surface area contributed by atoms with E-state index in [0.717, 1.165) is 11.8 Å². The number of allylic oxidation sites excluding steroid dienone is 1. The van der Waals surface area contributed by atoms with Crippen molar-refractivity contribution in [2.24, 2.45) is 0 Å². The normalized spacial score (nSPS) is 11.5. The second-order valence-electron chi connectivity index (χ2n) is 3.17. The SMILES string of the molecule is BrCCC=Cc1cccc2[nH]ccc12. The third-order valence-electron chi connectivity index (χ3n) is 2.20. The Morgan fingerprint density at radius 2 is 2.21 bits per heavy atom.